The second-order valence-electron chi connectivity index (χ2n) is 4.61. The Bertz CT molecular complexity index is 519. The van der Waals surface area contributed by atoms with Gasteiger partial charge in [0.05, 0.1) is 6.61 Å². The molecule has 0 amide bonds. The fourth-order valence-electron chi connectivity index (χ4n) is 2.18. The van der Waals surface area contributed by atoms with E-state index in [2.05, 4.69) is 46.5 Å². The van der Waals surface area contributed by atoms with Gasteiger partial charge in [0.15, 0.2) is 0 Å². The largest absolute Gasteiger partial charge is 0.395 e. The average molecular weight is 288 g/mol. The van der Waals surface area contributed by atoms with Crippen LogP contribution in [0.15, 0.2) is 53.7 Å². The Labute approximate surface area is 124 Å². The zero-order valence-corrected chi connectivity index (χ0v) is 12.5. The number of benzene rings is 1. The van der Waals surface area contributed by atoms with Gasteiger partial charge < -0.3 is 5.11 Å². The molecular weight excluding hydrogens is 268 g/mol. The number of thioether (sulfide) groups is 1. The Morgan fingerprint density at radius 1 is 1.15 bits per heavy atom. The highest BCUT2D eigenvalue weighted by molar-refractivity contribution is 7.98. The maximum absolute atomic E-state index is 9.26. The van der Waals surface area contributed by atoms with Gasteiger partial charge in [0.25, 0.3) is 0 Å². The molecule has 2 rings (SSSR count). The number of aliphatic hydroxyl groups excluding tert-OH is 1. The number of hydrogen-bond acceptors (Lipinski definition) is 4. The van der Waals surface area contributed by atoms with Gasteiger partial charge in [-0.05, 0) is 29.5 Å². The molecule has 1 aromatic carbocycles. The summed E-state index contributed by atoms with van der Waals surface area (Å²) in [5.41, 5.74) is 2.47. The summed E-state index contributed by atoms with van der Waals surface area (Å²) in [7, 11) is 0. The fraction of sp³-hybridized carbons (Fsp3) is 0.312. The van der Waals surface area contributed by atoms with E-state index in [-0.39, 0.29) is 6.61 Å². The fourth-order valence-corrected chi connectivity index (χ4v) is 2.79. The third-order valence-corrected chi connectivity index (χ3v) is 3.97. The maximum atomic E-state index is 9.26. The summed E-state index contributed by atoms with van der Waals surface area (Å²) >= 11 is 1.76. The summed E-state index contributed by atoms with van der Waals surface area (Å²) in [4.78, 5) is 7.68. The molecule has 0 radical (unpaired) electrons. The van der Waals surface area contributed by atoms with Gasteiger partial charge in [-0.2, -0.15) is 0 Å². The summed E-state index contributed by atoms with van der Waals surface area (Å²) in [5.74, 6) is 0. The van der Waals surface area contributed by atoms with Crippen LogP contribution in [-0.2, 0) is 13.1 Å². The van der Waals surface area contributed by atoms with Crippen molar-refractivity contribution in [2.75, 3.05) is 19.4 Å². The molecule has 1 N–H and O–H groups in total. The van der Waals surface area contributed by atoms with E-state index in [1.807, 2.05) is 12.3 Å². The molecule has 0 fully saturated rings. The number of hydrogen-bond donors (Lipinski definition) is 1. The molecule has 0 atom stereocenters. The molecule has 3 nitrogen and oxygen atoms in total. The molecule has 0 saturated carbocycles. The number of rotatable bonds is 7. The predicted octanol–water partition coefficient (Wildman–Crippen LogP) is 2.80. The summed E-state index contributed by atoms with van der Waals surface area (Å²) in [6.45, 7) is 2.48. The first kappa shape index (κ1) is 15.0. The summed E-state index contributed by atoms with van der Waals surface area (Å²) in [6.07, 6.45) is 5.75. The smallest absolute Gasteiger partial charge is 0.0558 e. The molecule has 0 saturated heterocycles. The molecule has 0 aliphatic heterocycles. The standard InChI is InChI=1S/C16H20N2OS/c1-20-16-7-3-2-6-15(16)13-18(9-10-19)12-14-5-4-8-17-11-14/h2-8,11,19H,9-10,12-13H2,1H3. The Morgan fingerprint density at radius 2 is 2.00 bits per heavy atom. The minimum atomic E-state index is 0.168. The number of pyridine rings is 1. The van der Waals surface area contributed by atoms with E-state index in [0.717, 1.165) is 13.1 Å². The average Bonchev–Trinajstić information content (AvgIpc) is 2.49. The molecule has 1 aromatic heterocycles. The van der Waals surface area contributed by atoms with Crippen molar-refractivity contribution in [3.05, 3.63) is 59.9 Å². The minimum Gasteiger partial charge on any atom is -0.395 e. The van der Waals surface area contributed by atoms with Gasteiger partial charge >= 0.3 is 0 Å². The molecule has 0 unspecified atom stereocenters. The maximum Gasteiger partial charge on any atom is 0.0558 e. The second-order valence-corrected chi connectivity index (χ2v) is 5.46. The number of aliphatic hydroxyl groups is 1. The van der Waals surface area contributed by atoms with Crippen molar-refractivity contribution in [1.82, 2.24) is 9.88 Å². The highest BCUT2D eigenvalue weighted by Crippen LogP contribution is 2.21. The third-order valence-electron chi connectivity index (χ3n) is 3.13. The lowest BCUT2D eigenvalue weighted by atomic mass is 10.2. The van der Waals surface area contributed by atoms with Crippen LogP contribution < -0.4 is 0 Å². The van der Waals surface area contributed by atoms with Crippen LogP contribution >= 0.6 is 11.8 Å². The van der Waals surface area contributed by atoms with Crippen LogP contribution in [0.3, 0.4) is 0 Å². The molecule has 4 heteroatoms. The van der Waals surface area contributed by atoms with Gasteiger partial charge in [0.1, 0.15) is 0 Å². The lowest BCUT2D eigenvalue weighted by Crippen LogP contribution is -2.26. The monoisotopic (exact) mass is 288 g/mol. The number of nitrogens with zero attached hydrogens (tertiary/aromatic N) is 2. The minimum absolute atomic E-state index is 0.168. The molecule has 0 spiro atoms. The number of aromatic nitrogens is 1. The van der Waals surface area contributed by atoms with E-state index in [1.54, 1.807) is 18.0 Å². The van der Waals surface area contributed by atoms with Gasteiger partial charge in [0, 0.05) is 36.9 Å². The van der Waals surface area contributed by atoms with Crippen molar-refractivity contribution in [3.8, 4) is 0 Å². The van der Waals surface area contributed by atoms with Crippen LogP contribution in [-0.4, -0.2) is 34.4 Å². The zero-order valence-electron chi connectivity index (χ0n) is 11.7. The van der Waals surface area contributed by atoms with Gasteiger partial charge in [-0.25, -0.2) is 0 Å². The lowest BCUT2D eigenvalue weighted by Gasteiger charge is -2.22. The van der Waals surface area contributed by atoms with E-state index in [0.29, 0.717) is 6.54 Å². The quantitative estimate of drug-likeness (QED) is 0.795. The van der Waals surface area contributed by atoms with E-state index in [1.165, 1.54) is 16.0 Å². The van der Waals surface area contributed by atoms with Crippen molar-refractivity contribution in [1.29, 1.82) is 0 Å². The first-order valence-corrected chi connectivity index (χ1v) is 7.90. The zero-order chi connectivity index (χ0) is 14.2. The first-order chi connectivity index (χ1) is 9.83. The summed E-state index contributed by atoms with van der Waals surface area (Å²) in [5, 5.41) is 9.26. The predicted molar refractivity (Wildman–Crippen MR) is 83.7 cm³/mol. The van der Waals surface area contributed by atoms with Crippen LogP contribution in [0.2, 0.25) is 0 Å². The molecular formula is C16H20N2OS. The Hall–Kier alpha value is -1.36. The Kier molecular flexibility index (Phi) is 6.05. The molecule has 1 heterocycles. The third kappa shape index (κ3) is 4.34. The molecule has 0 bridgehead atoms. The van der Waals surface area contributed by atoms with Crippen molar-refractivity contribution >= 4 is 11.8 Å². The molecule has 0 aliphatic carbocycles. The van der Waals surface area contributed by atoms with E-state index >= 15 is 0 Å². The highest BCUT2D eigenvalue weighted by Gasteiger charge is 2.09. The normalized spacial score (nSPS) is 10.9. The van der Waals surface area contributed by atoms with Crippen molar-refractivity contribution in [3.63, 3.8) is 0 Å². The van der Waals surface area contributed by atoms with Crippen molar-refractivity contribution < 1.29 is 5.11 Å². The molecule has 20 heavy (non-hydrogen) atoms. The van der Waals surface area contributed by atoms with Crippen molar-refractivity contribution in [2.24, 2.45) is 0 Å². The van der Waals surface area contributed by atoms with E-state index < -0.39 is 0 Å². The molecule has 106 valence electrons. The van der Waals surface area contributed by atoms with Crippen LogP contribution in [0.4, 0.5) is 0 Å². The second kappa shape index (κ2) is 8.04. The Balaban J connectivity index is 2.09. The van der Waals surface area contributed by atoms with Crippen LogP contribution in [0.1, 0.15) is 11.1 Å². The molecule has 2 aromatic rings. The SMILES string of the molecule is CSc1ccccc1CN(CCO)Cc1cccnc1. The summed E-state index contributed by atoms with van der Waals surface area (Å²) in [6, 6.07) is 12.4. The van der Waals surface area contributed by atoms with E-state index in [4.69, 9.17) is 0 Å². The lowest BCUT2D eigenvalue weighted by molar-refractivity contribution is 0.183. The van der Waals surface area contributed by atoms with Crippen LogP contribution in [0, 0.1) is 0 Å². The van der Waals surface area contributed by atoms with Gasteiger partial charge in [0.2, 0.25) is 0 Å². The van der Waals surface area contributed by atoms with Gasteiger partial charge in [-0.15, -0.1) is 11.8 Å². The van der Waals surface area contributed by atoms with Crippen LogP contribution in [0.25, 0.3) is 0 Å². The highest BCUT2D eigenvalue weighted by atomic mass is 32.2. The van der Waals surface area contributed by atoms with Crippen molar-refractivity contribution in [2.45, 2.75) is 18.0 Å². The van der Waals surface area contributed by atoms with Gasteiger partial charge in [-0.1, -0.05) is 24.3 Å². The van der Waals surface area contributed by atoms with Crippen LogP contribution in [0.5, 0.6) is 0 Å². The summed E-state index contributed by atoms with van der Waals surface area (Å²) < 4.78 is 0. The van der Waals surface area contributed by atoms with E-state index in [9.17, 15) is 5.11 Å². The Morgan fingerprint density at radius 3 is 2.70 bits per heavy atom. The topological polar surface area (TPSA) is 36.4 Å². The first-order valence-electron chi connectivity index (χ1n) is 6.67. The van der Waals surface area contributed by atoms with Gasteiger partial charge in [-0.3, -0.25) is 9.88 Å². The molecule has 0 aliphatic rings.